The molecule has 0 radical (unpaired) electrons. The van der Waals surface area contributed by atoms with Crippen molar-refractivity contribution in [3.8, 4) is 11.1 Å². The summed E-state index contributed by atoms with van der Waals surface area (Å²) < 4.78 is 23.9. The number of nitrogens with one attached hydrogen (secondary N) is 1. The van der Waals surface area contributed by atoms with E-state index in [1.54, 1.807) is 12.1 Å². The molecule has 0 saturated carbocycles. The van der Waals surface area contributed by atoms with Crippen molar-refractivity contribution in [2.24, 2.45) is 11.8 Å². The standard InChI is InChI=1S/C32H38N2O3S/c1-22(2)31-19-25(23-9-5-4-6-10-23)17-18-34(31)32(35)30-21-33-20-29(30)28-12-8-7-11-27(28)24-13-15-26(16-14-24)38(3,36)37/h4-16,22,25,29-31,33H,17-21H2,1-3H3/t25-,29?,30-,31?/m1/s1. The second-order valence-electron chi connectivity index (χ2n) is 11.2. The van der Waals surface area contributed by atoms with Crippen LogP contribution >= 0.6 is 0 Å². The van der Waals surface area contributed by atoms with Crippen LogP contribution in [0.25, 0.3) is 11.1 Å². The average Bonchev–Trinajstić information content (AvgIpc) is 3.42. The normalized spacial score (nSPS) is 24.1. The number of carbonyl (C=O) groups is 1. The molecule has 2 heterocycles. The Morgan fingerprint density at radius 3 is 2.29 bits per heavy atom. The predicted molar refractivity (Wildman–Crippen MR) is 153 cm³/mol. The van der Waals surface area contributed by atoms with Crippen molar-refractivity contribution in [2.75, 3.05) is 25.9 Å². The Bertz CT molecular complexity index is 1370. The van der Waals surface area contributed by atoms with Gasteiger partial charge in [0.25, 0.3) is 0 Å². The van der Waals surface area contributed by atoms with Crippen LogP contribution in [-0.4, -0.2) is 51.2 Å². The average molecular weight is 531 g/mol. The lowest BCUT2D eigenvalue weighted by Gasteiger charge is -2.43. The minimum absolute atomic E-state index is 0.0629. The van der Waals surface area contributed by atoms with Gasteiger partial charge in [0.2, 0.25) is 5.91 Å². The molecule has 2 aliphatic rings. The summed E-state index contributed by atoms with van der Waals surface area (Å²) in [7, 11) is -3.25. The number of hydrogen-bond donors (Lipinski definition) is 1. The van der Waals surface area contributed by atoms with Crippen LogP contribution in [0.4, 0.5) is 0 Å². The zero-order valence-corrected chi connectivity index (χ0v) is 23.3. The van der Waals surface area contributed by atoms with Crippen molar-refractivity contribution in [1.29, 1.82) is 0 Å². The maximum Gasteiger partial charge on any atom is 0.227 e. The molecule has 200 valence electrons. The van der Waals surface area contributed by atoms with Gasteiger partial charge in [-0.15, -0.1) is 0 Å². The number of nitrogens with zero attached hydrogens (tertiary/aromatic N) is 1. The highest BCUT2D eigenvalue weighted by Crippen LogP contribution is 2.40. The van der Waals surface area contributed by atoms with Crippen LogP contribution in [-0.2, 0) is 14.6 Å². The highest BCUT2D eigenvalue weighted by Gasteiger charge is 2.42. The Kier molecular flexibility index (Phi) is 7.73. The number of rotatable bonds is 6. The van der Waals surface area contributed by atoms with Crippen LogP contribution in [0, 0.1) is 11.8 Å². The fourth-order valence-electron chi connectivity index (χ4n) is 6.37. The lowest BCUT2D eigenvalue weighted by atomic mass is 9.79. The lowest BCUT2D eigenvalue weighted by Crippen LogP contribution is -2.51. The van der Waals surface area contributed by atoms with Gasteiger partial charge in [-0.2, -0.15) is 0 Å². The van der Waals surface area contributed by atoms with E-state index in [4.69, 9.17) is 0 Å². The second kappa shape index (κ2) is 11.0. The zero-order valence-electron chi connectivity index (χ0n) is 22.5. The van der Waals surface area contributed by atoms with Gasteiger partial charge in [-0.1, -0.05) is 80.6 Å². The quantitative estimate of drug-likeness (QED) is 0.458. The van der Waals surface area contributed by atoms with Gasteiger partial charge >= 0.3 is 0 Å². The Morgan fingerprint density at radius 1 is 0.921 bits per heavy atom. The minimum atomic E-state index is -3.25. The molecule has 0 aliphatic carbocycles. The Labute approximate surface area is 227 Å². The number of carbonyl (C=O) groups excluding carboxylic acids is 1. The van der Waals surface area contributed by atoms with Gasteiger partial charge in [0.1, 0.15) is 0 Å². The topological polar surface area (TPSA) is 66.5 Å². The third-order valence-corrected chi connectivity index (χ3v) is 9.58. The van der Waals surface area contributed by atoms with E-state index in [0.29, 0.717) is 23.3 Å². The largest absolute Gasteiger partial charge is 0.339 e. The van der Waals surface area contributed by atoms with Crippen LogP contribution in [0.3, 0.4) is 0 Å². The van der Waals surface area contributed by atoms with E-state index in [1.807, 2.05) is 24.3 Å². The van der Waals surface area contributed by atoms with Crippen LogP contribution in [0.5, 0.6) is 0 Å². The van der Waals surface area contributed by atoms with Crippen LogP contribution in [0.2, 0.25) is 0 Å². The first-order valence-corrected chi connectivity index (χ1v) is 15.6. The monoisotopic (exact) mass is 530 g/mol. The highest BCUT2D eigenvalue weighted by atomic mass is 32.2. The minimum Gasteiger partial charge on any atom is -0.339 e. The van der Waals surface area contributed by atoms with E-state index in [0.717, 1.165) is 42.6 Å². The van der Waals surface area contributed by atoms with Gasteiger partial charge in [-0.25, -0.2) is 8.42 Å². The summed E-state index contributed by atoms with van der Waals surface area (Å²) in [4.78, 5) is 16.7. The second-order valence-corrected chi connectivity index (χ2v) is 13.2. The summed E-state index contributed by atoms with van der Waals surface area (Å²) in [6.45, 7) is 6.69. The molecule has 2 aliphatic heterocycles. The maximum absolute atomic E-state index is 14.2. The fourth-order valence-corrected chi connectivity index (χ4v) is 7.00. The summed E-state index contributed by atoms with van der Waals surface area (Å²) in [6.07, 6.45) is 3.22. The van der Waals surface area contributed by atoms with E-state index in [-0.39, 0.29) is 23.8 Å². The van der Waals surface area contributed by atoms with Gasteiger partial charge in [-0.3, -0.25) is 4.79 Å². The van der Waals surface area contributed by atoms with Gasteiger partial charge in [0, 0.05) is 37.8 Å². The third kappa shape index (κ3) is 5.43. The number of hydrogen-bond acceptors (Lipinski definition) is 4. The molecule has 0 aromatic heterocycles. The summed E-state index contributed by atoms with van der Waals surface area (Å²) >= 11 is 0. The Hall–Kier alpha value is -2.96. The summed E-state index contributed by atoms with van der Waals surface area (Å²) in [5.41, 5.74) is 4.54. The Balaban J connectivity index is 1.40. The van der Waals surface area contributed by atoms with Crippen LogP contribution < -0.4 is 5.32 Å². The Morgan fingerprint density at radius 2 is 1.61 bits per heavy atom. The number of sulfone groups is 1. The van der Waals surface area contributed by atoms with Crippen LogP contribution in [0.1, 0.15) is 49.7 Å². The molecule has 38 heavy (non-hydrogen) atoms. The summed E-state index contributed by atoms with van der Waals surface area (Å²) in [5, 5.41) is 3.50. The number of likely N-dealkylation sites (tertiary alicyclic amines) is 1. The molecule has 3 aromatic carbocycles. The molecule has 2 fully saturated rings. The molecule has 3 aromatic rings. The molecule has 4 atom stereocenters. The van der Waals surface area contributed by atoms with Crippen LogP contribution in [0.15, 0.2) is 83.8 Å². The molecule has 1 amide bonds. The molecule has 0 bridgehead atoms. The summed E-state index contributed by atoms with van der Waals surface area (Å²) in [5.74, 6) is 1.07. The fraction of sp³-hybridized carbons (Fsp3) is 0.406. The molecule has 1 N–H and O–H groups in total. The number of amides is 1. The first-order chi connectivity index (χ1) is 18.2. The highest BCUT2D eigenvalue weighted by molar-refractivity contribution is 7.90. The molecule has 2 unspecified atom stereocenters. The number of piperidine rings is 1. The molecule has 5 nitrogen and oxygen atoms in total. The zero-order chi connectivity index (χ0) is 26.9. The van der Waals surface area contributed by atoms with E-state index in [1.165, 1.54) is 11.8 Å². The van der Waals surface area contributed by atoms with Gasteiger partial charge in [-0.05, 0) is 59.1 Å². The molecule has 0 spiro atoms. The first-order valence-electron chi connectivity index (χ1n) is 13.7. The molecule has 2 saturated heterocycles. The van der Waals surface area contributed by atoms with Crippen molar-refractivity contribution in [2.45, 2.75) is 49.5 Å². The SMILES string of the molecule is CC(C)C1C[C@H](c2ccccc2)CCN1C(=O)[C@@H]1CNCC1c1ccccc1-c1ccc(S(C)(=O)=O)cc1. The molecule has 5 rings (SSSR count). The van der Waals surface area contributed by atoms with Crippen molar-refractivity contribution in [3.05, 3.63) is 90.0 Å². The van der Waals surface area contributed by atoms with Crippen molar-refractivity contribution in [1.82, 2.24) is 10.2 Å². The predicted octanol–water partition coefficient (Wildman–Crippen LogP) is 5.49. The van der Waals surface area contributed by atoms with E-state index < -0.39 is 9.84 Å². The smallest absolute Gasteiger partial charge is 0.227 e. The van der Waals surface area contributed by atoms with Crippen molar-refractivity contribution < 1.29 is 13.2 Å². The van der Waals surface area contributed by atoms with Crippen molar-refractivity contribution in [3.63, 3.8) is 0 Å². The first kappa shape index (κ1) is 26.6. The van der Waals surface area contributed by atoms with Gasteiger partial charge in [0.15, 0.2) is 9.84 Å². The van der Waals surface area contributed by atoms with E-state index in [9.17, 15) is 13.2 Å². The van der Waals surface area contributed by atoms with Gasteiger partial charge in [0.05, 0.1) is 10.8 Å². The third-order valence-electron chi connectivity index (χ3n) is 8.45. The lowest BCUT2D eigenvalue weighted by molar-refractivity contribution is -0.140. The molecular weight excluding hydrogens is 492 g/mol. The van der Waals surface area contributed by atoms with Crippen molar-refractivity contribution >= 4 is 15.7 Å². The van der Waals surface area contributed by atoms with Gasteiger partial charge < -0.3 is 10.2 Å². The van der Waals surface area contributed by atoms with E-state index >= 15 is 0 Å². The molecular formula is C32H38N2O3S. The maximum atomic E-state index is 14.2. The number of benzene rings is 3. The van der Waals surface area contributed by atoms with E-state index in [2.05, 4.69) is 66.5 Å². The molecule has 6 heteroatoms. The summed E-state index contributed by atoms with van der Waals surface area (Å²) in [6, 6.07) is 26.3.